The van der Waals surface area contributed by atoms with Crippen LogP contribution in [0.15, 0.2) is 0 Å². The molecule has 3 amide bonds. The molecular weight excluding hydrogens is 258 g/mol. The van der Waals surface area contributed by atoms with Crippen molar-refractivity contribution in [2.45, 2.75) is 38.5 Å². The van der Waals surface area contributed by atoms with Crippen molar-refractivity contribution in [3.63, 3.8) is 0 Å². The first-order valence-corrected chi connectivity index (χ1v) is 7.49. The van der Waals surface area contributed by atoms with E-state index in [1.165, 1.54) is 6.42 Å². The largest absolute Gasteiger partial charge is 0.355 e. The van der Waals surface area contributed by atoms with E-state index in [0.717, 1.165) is 25.9 Å². The minimum Gasteiger partial charge on any atom is -0.355 e. The molecule has 6 heteroatoms. The standard InChI is InChI=1S/C14H23N3O3/c18-12-5-4-11(10-16-12)14(20)15-7-6-13(19)17-8-2-1-3-9-17/h11H,1-10H2,(H,15,20)(H,16,18). The average Bonchev–Trinajstić information content (AvgIpc) is 2.48. The lowest BCUT2D eigenvalue weighted by molar-refractivity contribution is -0.132. The predicted molar refractivity (Wildman–Crippen MR) is 73.8 cm³/mol. The maximum atomic E-state index is 11.9. The Morgan fingerprint density at radius 3 is 2.65 bits per heavy atom. The first-order chi connectivity index (χ1) is 9.66. The molecule has 0 aromatic heterocycles. The second-order valence-corrected chi connectivity index (χ2v) is 5.52. The number of carbonyl (C=O) groups excluding carboxylic acids is 3. The molecule has 20 heavy (non-hydrogen) atoms. The lowest BCUT2D eigenvalue weighted by Crippen LogP contribution is -2.44. The van der Waals surface area contributed by atoms with Crippen LogP contribution in [0, 0.1) is 5.92 Å². The fraction of sp³-hybridized carbons (Fsp3) is 0.786. The van der Waals surface area contributed by atoms with Gasteiger partial charge in [-0.2, -0.15) is 0 Å². The molecule has 0 radical (unpaired) electrons. The highest BCUT2D eigenvalue weighted by atomic mass is 16.2. The van der Waals surface area contributed by atoms with Gasteiger partial charge in [0.25, 0.3) is 0 Å². The number of hydrogen-bond donors (Lipinski definition) is 2. The molecule has 2 aliphatic rings. The van der Waals surface area contributed by atoms with Crippen molar-refractivity contribution >= 4 is 17.7 Å². The van der Waals surface area contributed by atoms with Gasteiger partial charge in [0.15, 0.2) is 0 Å². The summed E-state index contributed by atoms with van der Waals surface area (Å²) in [5.74, 6) is -0.0782. The first kappa shape index (κ1) is 14.8. The van der Waals surface area contributed by atoms with Gasteiger partial charge in [-0.05, 0) is 25.7 Å². The van der Waals surface area contributed by atoms with Gasteiger partial charge in [0.1, 0.15) is 0 Å². The predicted octanol–water partition coefficient (Wildman–Crippen LogP) is 0.0314. The Labute approximate surface area is 119 Å². The SMILES string of the molecule is O=C1CCC(C(=O)NCCC(=O)N2CCCCC2)CN1. The van der Waals surface area contributed by atoms with E-state index < -0.39 is 0 Å². The van der Waals surface area contributed by atoms with Crippen LogP contribution in [0.25, 0.3) is 0 Å². The van der Waals surface area contributed by atoms with Gasteiger partial charge in [-0.3, -0.25) is 14.4 Å². The number of nitrogens with one attached hydrogen (secondary N) is 2. The van der Waals surface area contributed by atoms with Crippen LogP contribution in [0.4, 0.5) is 0 Å². The van der Waals surface area contributed by atoms with Crippen LogP contribution in [0.2, 0.25) is 0 Å². The van der Waals surface area contributed by atoms with Gasteiger partial charge < -0.3 is 15.5 Å². The molecule has 0 aliphatic carbocycles. The van der Waals surface area contributed by atoms with Crippen molar-refractivity contribution < 1.29 is 14.4 Å². The Kier molecular flexibility index (Phi) is 5.38. The Hall–Kier alpha value is -1.59. The molecule has 0 aromatic rings. The van der Waals surface area contributed by atoms with Gasteiger partial charge in [0, 0.05) is 39.0 Å². The topological polar surface area (TPSA) is 78.5 Å². The van der Waals surface area contributed by atoms with Gasteiger partial charge in [-0.25, -0.2) is 0 Å². The van der Waals surface area contributed by atoms with Gasteiger partial charge >= 0.3 is 0 Å². The summed E-state index contributed by atoms with van der Waals surface area (Å²) in [7, 11) is 0. The van der Waals surface area contributed by atoms with Crippen molar-refractivity contribution in [2.24, 2.45) is 5.92 Å². The fourth-order valence-electron chi connectivity index (χ4n) is 2.69. The molecule has 0 aromatic carbocycles. The van der Waals surface area contributed by atoms with E-state index in [0.29, 0.717) is 32.4 Å². The summed E-state index contributed by atoms with van der Waals surface area (Å²) in [4.78, 5) is 36.7. The number of piperidine rings is 2. The molecule has 2 N–H and O–H groups in total. The monoisotopic (exact) mass is 281 g/mol. The zero-order valence-electron chi connectivity index (χ0n) is 11.8. The van der Waals surface area contributed by atoms with E-state index in [1.807, 2.05) is 4.90 Å². The van der Waals surface area contributed by atoms with Gasteiger partial charge in [0.05, 0.1) is 5.92 Å². The molecule has 112 valence electrons. The Morgan fingerprint density at radius 2 is 2.00 bits per heavy atom. The van der Waals surface area contributed by atoms with Crippen LogP contribution < -0.4 is 10.6 Å². The molecule has 2 saturated heterocycles. The third-order valence-corrected chi connectivity index (χ3v) is 3.98. The molecule has 2 rings (SSSR count). The maximum absolute atomic E-state index is 11.9. The minimum atomic E-state index is -0.155. The summed E-state index contributed by atoms with van der Waals surface area (Å²) in [5, 5.41) is 5.49. The van der Waals surface area contributed by atoms with Crippen LogP contribution in [-0.2, 0) is 14.4 Å². The lowest BCUT2D eigenvalue weighted by Gasteiger charge is -2.27. The van der Waals surface area contributed by atoms with Gasteiger partial charge in [-0.1, -0.05) is 0 Å². The molecular formula is C14H23N3O3. The molecule has 0 spiro atoms. The summed E-state index contributed by atoms with van der Waals surface area (Å²) >= 11 is 0. The summed E-state index contributed by atoms with van der Waals surface area (Å²) < 4.78 is 0. The van der Waals surface area contributed by atoms with E-state index in [-0.39, 0.29) is 23.6 Å². The number of carbonyl (C=O) groups is 3. The molecule has 2 fully saturated rings. The van der Waals surface area contributed by atoms with E-state index in [1.54, 1.807) is 0 Å². The Balaban J connectivity index is 1.63. The summed E-state index contributed by atoms with van der Waals surface area (Å²) in [6.07, 6.45) is 4.74. The fourth-order valence-corrected chi connectivity index (χ4v) is 2.69. The molecule has 2 aliphatic heterocycles. The minimum absolute atomic E-state index is 0.00864. The first-order valence-electron chi connectivity index (χ1n) is 7.49. The van der Waals surface area contributed by atoms with Crippen molar-refractivity contribution in [3.8, 4) is 0 Å². The lowest BCUT2D eigenvalue weighted by atomic mass is 9.98. The number of likely N-dealkylation sites (tertiary alicyclic amines) is 1. The van der Waals surface area contributed by atoms with E-state index >= 15 is 0 Å². The second-order valence-electron chi connectivity index (χ2n) is 5.52. The third kappa shape index (κ3) is 4.21. The normalized spacial score (nSPS) is 23.1. The Bertz CT molecular complexity index is 368. The van der Waals surface area contributed by atoms with Crippen molar-refractivity contribution in [2.75, 3.05) is 26.2 Å². The van der Waals surface area contributed by atoms with Crippen LogP contribution >= 0.6 is 0 Å². The average molecular weight is 281 g/mol. The number of amides is 3. The van der Waals surface area contributed by atoms with Gasteiger partial charge in [0.2, 0.25) is 17.7 Å². The van der Waals surface area contributed by atoms with Crippen molar-refractivity contribution in [1.82, 2.24) is 15.5 Å². The second kappa shape index (κ2) is 7.26. The Morgan fingerprint density at radius 1 is 1.25 bits per heavy atom. The maximum Gasteiger partial charge on any atom is 0.224 e. The highest BCUT2D eigenvalue weighted by Gasteiger charge is 2.24. The zero-order valence-corrected chi connectivity index (χ0v) is 11.8. The summed E-state index contributed by atoms with van der Waals surface area (Å²) in [5.41, 5.74) is 0. The molecule has 0 saturated carbocycles. The molecule has 0 bridgehead atoms. The zero-order chi connectivity index (χ0) is 14.4. The smallest absolute Gasteiger partial charge is 0.224 e. The molecule has 1 atom stereocenters. The molecule has 6 nitrogen and oxygen atoms in total. The van der Waals surface area contributed by atoms with Crippen LogP contribution in [0.3, 0.4) is 0 Å². The van der Waals surface area contributed by atoms with Crippen molar-refractivity contribution in [3.05, 3.63) is 0 Å². The summed E-state index contributed by atoms with van der Waals surface area (Å²) in [6, 6.07) is 0. The summed E-state index contributed by atoms with van der Waals surface area (Å²) in [6.45, 7) is 2.49. The molecule has 1 unspecified atom stereocenters. The molecule has 2 heterocycles. The quantitative estimate of drug-likeness (QED) is 0.763. The van der Waals surface area contributed by atoms with E-state index in [9.17, 15) is 14.4 Å². The number of nitrogens with zero attached hydrogens (tertiary/aromatic N) is 1. The van der Waals surface area contributed by atoms with E-state index in [4.69, 9.17) is 0 Å². The highest BCUT2D eigenvalue weighted by molar-refractivity contribution is 5.84. The van der Waals surface area contributed by atoms with Gasteiger partial charge in [-0.15, -0.1) is 0 Å². The van der Waals surface area contributed by atoms with Crippen LogP contribution in [0.5, 0.6) is 0 Å². The number of hydrogen-bond acceptors (Lipinski definition) is 3. The van der Waals surface area contributed by atoms with E-state index in [2.05, 4.69) is 10.6 Å². The van der Waals surface area contributed by atoms with Crippen molar-refractivity contribution in [1.29, 1.82) is 0 Å². The van der Waals surface area contributed by atoms with Crippen LogP contribution in [0.1, 0.15) is 38.5 Å². The van der Waals surface area contributed by atoms with Crippen LogP contribution in [-0.4, -0.2) is 48.8 Å². The third-order valence-electron chi connectivity index (χ3n) is 3.98. The number of rotatable bonds is 4. The highest BCUT2D eigenvalue weighted by Crippen LogP contribution is 2.11.